The van der Waals surface area contributed by atoms with Crippen LogP contribution in [0.15, 0.2) is 23.3 Å². The molecule has 56 heavy (non-hydrogen) atoms. The first kappa shape index (κ1) is 46.2. The van der Waals surface area contributed by atoms with Gasteiger partial charge in [0.15, 0.2) is 0 Å². The quantitative estimate of drug-likeness (QED) is 0.196. The number of nitrogens with two attached hydrogens (primary N) is 1. The number of ketones is 2. The van der Waals surface area contributed by atoms with Gasteiger partial charge in [0.05, 0.1) is 24.4 Å². The lowest BCUT2D eigenvalue weighted by molar-refractivity contribution is -0.302. The van der Waals surface area contributed by atoms with Crippen molar-refractivity contribution < 1.29 is 53.1 Å². The van der Waals surface area contributed by atoms with Crippen LogP contribution in [0.4, 0.5) is 0 Å². The molecule has 14 atom stereocenters. The van der Waals surface area contributed by atoms with Crippen molar-refractivity contribution in [3.8, 4) is 0 Å². The fourth-order valence-corrected chi connectivity index (χ4v) is 9.45. The predicted molar refractivity (Wildman–Crippen MR) is 210 cm³/mol. The van der Waals surface area contributed by atoms with E-state index in [1.54, 1.807) is 21.0 Å². The van der Waals surface area contributed by atoms with Gasteiger partial charge in [0, 0.05) is 58.1 Å². The summed E-state index contributed by atoms with van der Waals surface area (Å²) in [6.45, 7) is 11.3. The summed E-state index contributed by atoms with van der Waals surface area (Å²) in [5.41, 5.74) is 8.01. The van der Waals surface area contributed by atoms with Crippen LogP contribution >= 0.6 is 0 Å². The van der Waals surface area contributed by atoms with Crippen LogP contribution in [-0.2, 0) is 42.9 Å². The van der Waals surface area contributed by atoms with Crippen molar-refractivity contribution in [1.82, 2.24) is 4.90 Å². The van der Waals surface area contributed by atoms with Gasteiger partial charge in [-0.15, -0.1) is 0 Å². The molecule has 2 saturated heterocycles. The summed E-state index contributed by atoms with van der Waals surface area (Å²) in [5, 5.41) is 23.7. The molecule has 3 aliphatic heterocycles. The van der Waals surface area contributed by atoms with Gasteiger partial charge in [0.25, 0.3) is 11.7 Å². The first-order valence-corrected chi connectivity index (χ1v) is 20.9. The first-order valence-electron chi connectivity index (χ1n) is 20.9. The maximum atomic E-state index is 14.3. The minimum atomic E-state index is -2.49. The molecule has 1 amide bonds. The smallest absolute Gasteiger partial charge is 0.329 e. The fourth-order valence-electron chi connectivity index (χ4n) is 9.45. The second-order valence-corrected chi connectivity index (χ2v) is 17.3. The summed E-state index contributed by atoms with van der Waals surface area (Å²) in [7, 11) is 4.72. The zero-order valence-electron chi connectivity index (χ0n) is 35.2. The number of carbonyl (C=O) groups is 4. The molecule has 3 heterocycles. The van der Waals surface area contributed by atoms with E-state index in [9.17, 15) is 29.4 Å². The molecule has 13 heteroatoms. The Morgan fingerprint density at radius 1 is 0.964 bits per heavy atom. The van der Waals surface area contributed by atoms with E-state index in [0.29, 0.717) is 44.1 Å². The van der Waals surface area contributed by atoms with Crippen LogP contribution in [0.2, 0.25) is 0 Å². The largest absolute Gasteiger partial charge is 0.456 e. The zero-order valence-corrected chi connectivity index (χ0v) is 35.2. The Kier molecular flexibility index (Phi) is 16.9. The van der Waals surface area contributed by atoms with E-state index in [1.807, 2.05) is 32.9 Å². The number of ether oxygens (including phenoxy) is 5. The summed E-state index contributed by atoms with van der Waals surface area (Å²) < 4.78 is 29.9. The predicted octanol–water partition coefficient (Wildman–Crippen LogP) is 4.44. The number of nitrogens with zero attached hydrogens (tertiary/aromatic N) is 1. The number of amides is 1. The van der Waals surface area contributed by atoms with Gasteiger partial charge in [-0.2, -0.15) is 0 Å². The van der Waals surface area contributed by atoms with Gasteiger partial charge in [-0.25, -0.2) is 4.79 Å². The number of fused-ring (bicyclic) bond motifs is 3. The van der Waals surface area contributed by atoms with E-state index in [0.717, 1.165) is 18.4 Å². The third-order valence-electron chi connectivity index (χ3n) is 13.0. The monoisotopic (exact) mass is 790 g/mol. The molecule has 1 saturated carbocycles. The van der Waals surface area contributed by atoms with Gasteiger partial charge < -0.3 is 44.5 Å². The van der Waals surface area contributed by atoms with Crippen molar-refractivity contribution in [2.24, 2.45) is 35.3 Å². The molecule has 0 spiro atoms. The van der Waals surface area contributed by atoms with Crippen LogP contribution in [-0.4, -0.2) is 121 Å². The number of aliphatic hydroxyl groups excluding tert-OH is 1. The normalized spacial score (nSPS) is 41.6. The Labute approximate surface area is 334 Å². The maximum Gasteiger partial charge on any atom is 0.329 e. The van der Waals surface area contributed by atoms with Gasteiger partial charge in [-0.1, -0.05) is 45.4 Å². The molecular weight excluding hydrogens is 720 g/mol. The van der Waals surface area contributed by atoms with E-state index in [2.05, 4.69) is 6.92 Å². The Bertz CT molecular complexity index is 1430. The standard InChI is InChI=1S/C43H70N2O11/c1-10-30-18-24(2)17-25(3)19-36(53-8)39-37(54-9)21-27(5)43(51,56-39)40(48)41(49)45-16-12-11-13-32(45)42(50)55-38(28(6)33(46)23-34(30)47)26(4)20-29-14-15-31(44)35(22-29)52-7/h18,20,25,27-33,35-39,46,51H,10-17,19,21-23,44H2,1-9H3/b24-18+,26-20?. The van der Waals surface area contributed by atoms with E-state index in [4.69, 9.17) is 29.4 Å². The minimum absolute atomic E-state index is 0.0428. The third-order valence-corrected chi connectivity index (χ3v) is 13.0. The topological polar surface area (TPSA) is 184 Å². The maximum absolute atomic E-state index is 14.3. The van der Waals surface area contributed by atoms with E-state index in [-0.39, 0.29) is 55.6 Å². The van der Waals surface area contributed by atoms with Gasteiger partial charge in [-0.3, -0.25) is 14.4 Å². The number of hydrogen-bond acceptors (Lipinski definition) is 12. The van der Waals surface area contributed by atoms with Gasteiger partial charge in [-0.05, 0) is 95.5 Å². The molecule has 318 valence electrons. The summed E-state index contributed by atoms with van der Waals surface area (Å²) in [4.78, 5) is 57.7. The number of aliphatic hydroxyl groups is 2. The second kappa shape index (κ2) is 20.4. The van der Waals surface area contributed by atoms with Crippen molar-refractivity contribution in [2.45, 2.75) is 167 Å². The molecule has 0 radical (unpaired) electrons. The number of allylic oxidation sites excluding steroid dienone is 3. The highest BCUT2D eigenvalue weighted by molar-refractivity contribution is 6.39. The number of rotatable bonds is 6. The van der Waals surface area contributed by atoms with Crippen molar-refractivity contribution in [3.63, 3.8) is 0 Å². The number of cyclic esters (lactones) is 1. The molecule has 0 aromatic heterocycles. The van der Waals surface area contributed by atoms with Gasteiger partial charge >= 0.3 is 5.97 Å². The van der Waals surface area contributed by atoms with E-state index >= 15 is 0 Å². The van der Waals surface area contributed by atoms with Gasteiger partial charge in [0.2, 0.25) is 5.79 Å². The Morgan fingerprint density at radius 3 is 2.27 bits per heavy atom. The van der Waals surface area contributed by atoms with Crippen LogP contribution in [0.1, 0.15) is 112 Å². The van der Waals surface area contributed by atoms with Crippen LogP contribution in [0, 0.1) is 29.6 Å². The van der Waals surface area contributed by atoms with Crippen LogP contribution in [0.25, 0.3) is 0 Å². The van der Waals surface area contributed by atoms with Crippen molar-refractivity contribution in [1.29, 1.82) is 0 Å². The number of esters is 1. The molecule has 14 unspecified atom stereocenters. The van der Waals surface area contributed by atoms with Crippen LogP contribution in [0.5, 0.6) is 0 Å². The average molecular weight is 791 g/mol. The number of carbonyl (C=O) groups excluding carboxylic acids is 4. The van der Waals surface area contributed by atoms with Crippen LogP contribution < -0.4 is 5.73 Å². The number of piperidine rings is 1. The molecular formula is C43H70N2O11. The van der Waals surface area contributed by atoms with Crippen molar-refractivity contribution in [3.05, 3.63) is 23.3 Å². The lowest BCUT2D eigenvalue weighted by Gasteiger charge is -2.47. The summed E-state index contributed by atoms with van der Waals surface area (Å²) >= 11 is 0. The fraction of sp³-hybridized carbons (Fsp3) is 0.814. The highest BCUT2D eigenvalue weighted by Crippen LogP contribution is 2.39. The summed E-state index contributed by atoms with van der Waals surface area (Å²) in [5.74, 6) is -7.30. The molecule has 3 fully saturated rings. The first-order chi connectivity index (χ1) is 26.5. The molecule has 4 rings (SSSR count). The lowest BCUT2D eigenvalue weighted by atomic mass is 9.81. The highest BCUT2D eigenvalue weighted by Gasteiger charge is 2.56. The minimum Gasteiger partial charge on any atom is -0.456 e. The number of hydrogen-bond donors (Lipinski definition) is 3. The zero-order chi connectivity index (χ0) is 41.5. The molecule has 1 aliphatic carbocycles. The molecule has 0 aromatic carbocycles. The SMILES string of the molecule is CCC1/C=C(\C)CC(C)CC(OC)C2OC(O)(C(=O)C(=O)N3CCCCC3C(=O)OC(C(C)=CC3CCC(N)C(OC)C3)C(C)C(O)CC1=O)C(C)CC2OC. The lowest BCUT2D eigenvalue weighted by Crippen LogP contribution is -2.64. The molecule has 2 bridgehead atoms. The van der Waals surface area contributed by atoms with Crippen LogP contribution in [0.3, 0.4) is 0 Å². The molecule has 4 aliphatic rings. The molecule has 13 nitrogen and oxygen atoms in total. The Hall–Kier alpha value is -2.52. The number of methoxy groups -OCH3 is 3. The van der Waals surface area contributed by atoms with Crippen molar-refractivity contribution >= 4 is 23.4 Å². The summed E-state index contributed by atoms with van der Waals surface area (Å²) in [6, 6.07) is -1.20. The second-order valence-electron chi connectivity index (χ2n) is 17.3. The summed E-state index contributed by atoms with van der Waals surface area (Å²) in [6.07, 6.45) is 5.22. The average Bonchev–Trinajstić information content (AvgIpc) is 3.18. The Balaban J connectivity index is 1.76. The van der Waals surface area contributed by atoms with E-state index in [1.165, 1.54) is 19.1 Å². The molecule has 0 aromatic rings. The third kappa shape index (κ3) is 10.7. The Morgan fingerprint density at radius 2 is 1.62 bits per heavy atom. The number of Topliss-reactive ketones (excluding diaryl/α,β-unsaturated/α-hetero) is 2. The van der Waals surface area contributed by atoms with Crippen molar-refractivity contribution in [2.75, 3.05) is 27.9 Å². The highest BCUT2D eigenvalue weighted by atomic mass is 16.7. The molecule has 4 N–H and O–H groups in total. The van der Waals surface area contributed by atoms with Gasteiger partial charge in [0.1, 0.15) is 24.0 Å². The van der Waals surface area contributed by atoms with E-state index < -0.39 is 77.8 Å².